The highest BCUT2D eigenvalue weighted by atomic mass is 35.5. The molecule has 0 aliphatic carbocycles. The Labute approximate surface area is 138 Å². The van der Waals surface area contributed by atoms with Crippen molar-refractivity contribution in [2.45, 2.75) is 13.5 Å². The first-order valence-electron chi connectivity index (χ1n) is 7.35. The molecule has 3 aromatic rings. The third-order valence-corrected chi connectivity index (χ3v) is 4.30. The van der Waals surface area contributed by atoms with E-state index in [0.717, 1.165) is 33.1 Å². The summed E-state index contributed by atoms with van der Waals surface area (Å²) in [6.07, 6.45) is 1.76. The van der Waals surface area contributed by atoms with Crippen LogP contribution < -0.4 is 0 Å². The predicted molar refractivity (Wildman–Crippen MR) is 90.3 cm³/mol. The Morgan fingerprint density at radius 2 is 1.96 bits per heavy atom. The van der Waals surface area contributed by atoms with E-state index in [0.29, 0.717) is 10.7 Å². The van der Waals surface area contributed by atoms with Gasteiger partial charge in [0.25, 0.3) is 0 Å². The Balaban J connectivity index is 2.07. The van der Waals surface area contributed by atoms with Crippen molar-refractivity contribution in [3.05, 3.63) is 87.6 Å². The van der Waals surface area contributed by atoms with Crippen LogP contribution in [-0.2, 0) is 6.54 Å². The minimum atomic E-state index is 0.247. The van der Waals surface area contributed by atoms with E-state index in [4.69, 9.17) is 11.6 Å². The molecular formula is C18H14ClN3O. The second-order valence-electron chi connectivity index (χ2n) is 5.54. The van der Waals surface area contributed by atoms with Gasteiger partial charge in [0.1, 0.15) is 11.5 Å². The maximum absolute atomic E-state index is 12.9. The molecule has 1 aliphatic heterocycles. The SMILES string of the molecule is Cc1ncc2n1-c1ccc(Cl)cc1C(c1ccccc1)=[N+]([O-])C2. The summed E-state index contributed by atoms with van der Waals surface area (Å²) in [6, 6.07) is 15.3. The van der Waals surface area contributed by atoms with Gasteiger partial charge in [-0.25, -0.2) is 4.98 Å². The average Bonchev–Trinajstić information content (AvgIpc) is 2.84. The highest BCUT2D eigenvalue weighted by molar-refractivity contribution is 6.31. The van der Waals surface area contributed by atoms with Gasteiger partial charge >= 0.3 is 0 Å². The molecule has 0 atom stereocenters. The molecule has 4 nitrogen and oxygen atoms in total. The first-order valence-corrected chi connectivity index (χ1v) is 7.73. The summed E-state index contributed by atoms with van der Waals surface area (Å²) in [4.78, 5) is 4.35. The largest absolute Gasteiger partial charge is 0.623 e. The van der Waals surface area contributed by atoms with E-state index in [1.807, 2.05) is 60.0 Å². The van der Waals surface area contributed by atoms with Gasteiger partial charge in [-0.2, -0.15) is 4.74 Å². The lowest BCUT2D eigenvalue weighted by atomic mass is 10.0. The molecule has 2 aromatic carbocycles. The summed E-state index contributed by atoms with van der Waals surface area (Å²) in [5.74, 6) is 0.853. The lowest BCUT2D eigenvalue weighted by Crippen LogP contribution is -2.17. The maximum Gasteiger partial charge on any atom is 0.228 e. The second-order valence-corrected chi connectivity index (χ2v) is 5.98. The van der Waals surface area contributed by atoms with Gasteiger partial charge in [0.2, 0.25) is 5.71 Å². The monoisotopic (exact) mass is 323 g/mol. The summed E-state index contributed by atoms with van der Waals surface area (Å²) in [5, 5.41) is 13.5. The molecule has 0 saturated heterocycles. The van der Waals surface area contributed by atoms with Gasteiger partial charge in [0.15, 0.2) is 6.54 Å². The van der Waals surface area contributed by atoms with E-state index in [1.54, 1.807) is 6.20 Å². The number of benzene rings is 2. The van der Waals surface area contributed by atoms with E-state index < -0.39 is 0 Å². The van der Waals surface area contributed by atoms with Gasteiger partial charge in [0.05, 0.1) is 17.4 Å². The van der Waals surface area contributed by atoms with Gasteiger partial charge < -0.3 is 5.21 Å². The van der Waals surface area contributed by atoms with E-state index in [-0.39, 0.29) is 6.54 Å². The number of hydrogen-bond donors (Lipinski definition) is 0. The molecule has 0 saturated carbocycles. The molecule has 0 amide bonds. The van der Waals surface area contributed by atoms with Crippen molar-refractivity contribution in [1.29, 1.82) is 0 Å². The van der Waals surface area contributed by atoms with Crippen LogP contribution in [0.4, 0.5) is 0 Å². The fourth-order valence-electron chi connectivity index (χ4n) is 3.08. The highest BCUT2D eigenvalue weighted by Gasteiger charge is 2.27. The number of rotatable bonds is 1. The van der Waals surface area contributed by atoms with E-state index in [9.17, 15) is 5.21 Å². The molecule has 1 aromatic heterocycles. The van der Waals surface area contributed by atoms with Crippen molar-refractivity contribution in [2.75, 3.05) is 0 Å². The third-order valence-electron chi connectivity index (χ3n) is 4.07. The summed E-state index contributed by atoms with van der Waals surface area (Å²) >= 11 is 6.21. The van der Waals surface area contributed by atoms with Gasteiger partial charge in [-0.05, 0) is 37.3 Å². The zero-order chi connectivity index (χ0) is 16.0. The minimum Gasteiger partial charge on any atom is -0.623 e. The molecule has 0 unspecified atom stereocenters. The number of hydrogen-bond acceptors (Lipinski definition) is 2. The number of nitrogens with zero attached hydrogens (tertiary/aromatic N) is 3. The van der Waals surface area contributed by atoms with E-state index >= 15 is 0 Å². The second kappa shape index (κ2) is 5.25. The zero-order valence-corrected chi connectivity index (χ0v) is 13.3. The summed E-state index contributed by atoms with van der Waals surface area (Å²) in [6.45, 7) is 2.18. The Morgan fingerprint density at radius 1 is 1.17 bits per heavy atom. The topological polar surface area (TPSA) is 43.9 Å². The summed E-state index contributed by atoms with van der Waals surface area (Å²) in [7, 11) is 0. The first kappa shape index (κ1) is 14.0. The highest BCUT2D eigenvalue weighted by Crippen LogP contribution is 2.28. The summed E-state index contributed by atoms with van der Waals surface area (Å²) in [5.41, 5.74) is 4.12. The molecule has 114 valence electrons. The van der Waals surface area contributed by atoms with Crippen LogP contribution in [0.5, 0.6) is 0 Å². The van der Waals surface area contributed by atoms with Crippen molar-refractivity contribution in [2.24, 2.45) is 0 Å². The van der Waals surface area contributed by atoms with E-state index in [1.165, 1.54) is 0 Å². The molecule has 5 heteroatoms. The van der Waals surface area contributed by atoms with Crippen molar-refractivity contribution < 1.29 is 4.74 Å². The molecule has 0 radical (unpaired) electrons. The number of aromatic nitrogens is 2. The summed E-state index contributed by atoms with van der Waals surface area (Å²) < 4.78 is 3.04. The smallest absolute Gasteiger partial charge is 0.228 e. The number of halogens is 1. The number of imidazole rings is 1. The van der Waals surface area contributed by atoms with E-state index in [2.05, 4.69) is 4.98 Å². The first-order chi connectivity index (χ1) is 11.1. The predicted octanol–water partition coefficient (Wildman–Crippen LogP) is 3.70. The lowest BCUT2D eigenvalue weighted by Gasteiger charge is -2.12. The van der Waals surface area contributed by atoms with Gasteiger partial charge in [0, 0.05) is 10.6 Å². The third kappa shape index (κ3) is 2.23. The minimum absolute atomic E-state index is 0.247. The molecule has 23 heavy (non-hydrogen) atoms. The molecule has 0 N–H and O–H groups in total. The fraction of sp³-hybridized carbons (Fsp3) is 0.111. The molecule has 0 bridgehead atoms. The maximum atomic E-state index is 12.9. The van der Waals surface area contributed by atoms with Crippen LogP contribution in [0.1, 0.15) is 22.6 Å². The number of fused-ring (bicyclic) bond motifs is 3. The Kier molecular flexibility index (Phi) is 3.20. The van der Waals surface area contributed by atoms with Crippen molar-refractivity contribution in [3.8, 4) is 5.69 Å². The molecule has 0 fully saturated rings. The molecule has 4 rings (SSSR count). The Hall–Kier alpha value is -2.59. The standard InChI is InChI=1S/C18H14ClN3O/c1-12-20-10-15-11-21(23)18(13-5-3-2-4-6-13)16-9-14(19)7-8-17(16)22(12)15/h2-10H,11H2,1H3. The van der Waals surface area contributed by atoms with Crippen LogP contribution in [0.25, 0.3) is 5.69 Å². The zero-order valence-electron chi connectivity index (χ0n) is 12.5. The molecule has 2 heterocycles. The molecule has 0 spiro atoms. The normalized spacial score (nSPS) is 13.5. The number of aryl methyl sites for hydroxylation is 1. The molecule has 1 aliphatic rings. The van der Waals surface area contributed by atoms with Gasteiger partial charge in [-0.3, -0.25) is 4.57 Å². The lowest BCUT2D eigenvalue weighted by molar-refractivity contribution is -0.474. The molecular weight excluding hydrogens is 310 g/mol. The van der Waals surface area contributed by atoms with Crippen molar-refractivity contribution in [3.63, 3.8) is 0 Å². The average molecular weight is 324 g/mol. The fourth-order valence-corrected chi connectivity index (χ4v) is 3.25. The Morgan fingerprint density at radius 3 is 2.74 bits per heavy atom. The van der Waals surface area contributed by atoms with Crippen molar-refractivity contribution >= 4 is 17.3 Å². The van der Waals surface area contributed by atoms with Crippen LogP contribution >= 0.6 is 11.6 Å². The van der Waals surface area contributed by atoms with Crippen LogP contribution in [-0.4, -0.2) is 20.0 Å². The van der Waals surface area contributed by atoms with Crippen LogP contribution in [0.15, 0.2) is 54.7 Å². The van der Waals surface area contributed by atoms with Crippen LogP contribution in [0.2, 0.25) is 5.02 Å². The Bertz CT molecular complexity index is 929. The van der Waals surface area contributed by atoms with Gasteiger partial charge in [-0.15, -0.1) is 0 Å². The number of hydroxylamine groups is 1. The van der Waals surface area contributed by atoms with Crippen molar-refractivity contribution in [1.82, 2.24) is 9.55 Å². The quantitative estimate of drug-likeness (QED) is 0.506. The van der Waals surface area contributed by atoms with Crippen LogP contribution in [0.3, 0.4) is 0 Å². The van der Waals surface area contributed by atoms with Gasteiger partial charge in [-0.1, -0.05) is 29.8 Å². The van der Waals surface area contributed by atoms with Crippen LogP contribution in [0, 0.1) is 12.1 Å².